The minimum atomic E-state index is -0.0164. The minimum Gasteiger partial charge on any atom is -0.365 e. The first-order valence-corrected chi connectivity index (χ1v) is 11.6. The van der Waals surface area contributed by atoms with Gasteiger partial charge < -0.3 is 20.5 Å². The van der Waals surface area contributed by atoms with Crippen molar-refractivity contribution in [1.82, 2.24) is 20.2 Å². The third-order valence-electron chi connectivity index (χ3n) is 5.87. The number of hydrogen-bond acceptors (Lipinski definition) is 4. The van der Waals surface area contributed by atoms with Gasteiger partial charge in [0.2, 0.25) is 0 Å². The number of carbonyl (C=O) groups excluding carboxylic acids is 1. The summed E-state index contributed by atoms with van der Waals surface area (Å²) in [6, 6.07) is 12.5. The number of rotatable bonds is 9. The van der Waals surface area contributed by atoms with Crippen LogP contribution in [0.4, 0.5) is 5.82 Å². The van der Waals surface area contributed by atoms with Gasteiger partial charge in [0, 0.05) is 29.7 Å². The first-order valence-electron chi connectivity index (χ1n) is 11.6. The number of benzene rings is 1. The van der Waals surface area contributed by atoms with Crippen LogP contribution in [0.5, 0.6) is 0 Å². The first kappa shape index (κ1) is 22.3. The largest absolute Gasteiger partial charge is 0.365 e. The Labute approximate surface area is 190 Å². The van der Waals surface area contributed by atoms with Crippen LogP contribution in [0.25, 0.3) is 10.9 Å². The molecule has 170 valence electrons. The normalized spacial score (nSPS) is 14.2. The summed E-state index contributed by atoms with van der Waals surface area (Å²) in [6.45, 7) is 9.32. The van der Waals surface area contributed by atoms with Gasteiger partial charge in [0.25, 0.3) is 5.91 Å². The molecule has 1 aromatic carbocycles. The molecule has 1 saturated carbocycles. The van der Waals surface area contributed by atoms with Gasteiger partial charge in [0.1, 0.15) is 5.82 Å². The molecular weight excluding hydrogens is 398 g/mol. The third-order valence-corrected chi connectivity index (χ3v) is 5.87. The number of anilines is 1. The van der Waals surface area contributed by atoms with Crippen molar-refractivity contribution in [3.05, 3.63) is 59.4 Å². The molecule has 3 aromatic rings. The molecule has 3 N–H and O–H groups in total. The van der Waals surface area contributed by atoms with Crippen molar-refractivity contribution in [3.8, 4) is 0 Å². The number of H-pyrrole nitrogens is 1. The monoisotopic (exact) mass is 433 g/mol. The number of nitrogens with one attached hydrogen (secondary N) is 3. The summed E-state index contributed by atoms with van der Waals surface area (Å²) >= 11 is 0. The Morgan fingerprint density at radius 3 is 2.72 bits per heavy atom. The number of aromatic nitrogens is 2. The lowest BCUT2D eigenvalue weighted by Gasteiger charge is -2.23. The van der Waals surface area contributed by atoms with Gasteiger partial charge in [-0.25, -0.2) is 0 Å². The summed E-state index contributed by atoms with van der Waals surface area (Å²) in [5.74, 6) is 0.736. The average Bonchev–Trinajstić information content (AvgIpc) is 3.48. The van der Waals surface area contributed by atoms with E-state index in [1.807, 2.05) is 18.2 Å². The smallest absolute Gasteiger partial charge is 0.255 e. The molecule has 0 saturated heterocycles. The maximum atomic E-state index is 13.0. The molecule has 2 aromatic heterocycles. The Bertz CT molecular complexity index is 1060. The van der Waals surface area contributed by atoms with E-state index in [-0.39, 0.29) is 5.91 Å². The van der Waals surface area contributed by atoms with Crippen LogP contribution in [-0.2, 0) is 13.1 Å². The summed E-state index contributed by atoms with van der Waals surface area (Å²) in [6.07, 6.45) is 5.07. The highest BCUT2D eigenvalue weighted by Gasteiger charge is 2.27. The van der Waals surface area contributed by atoms with E-state index in [4.69, 9.17) is 0 Å². The maximum absolute atomic E-state index is 13.0. The van der Waals surface area contributed by atoms with Gasteiger partial charge in [-0.05, 0) is 62.0 Å². The fourth-order valence-electron chi connectivity index (χ4n) is 3.80. The minimum absolute atomic E-state index is 0.0164. The standard InChI is InChI=1S/C26H35N5O/c1-26(2,3)12-14-31(4)17-18-8-11-21-22(15-18)30-24(23(21)25(32)29-19-9-10-19)28-16-20-7-5-6-13-27-20/h5-8,11,13,15,19,28,30H,9-10,12,14,16-17H2,1-4H3,(H,29,32). The molecule has 1 amide bonds. The van der Waals surface area contributed by atoms with Crippen LogP contribution in [0.2, 0.25) is 0 Å². The molecule has 0 radical (unpaired) electrons. The summed E-state index contributed by atoms with van der Waals surface area (Å²) in [5, 5.41) is 7.49. The summed E-state index contributed by atoms with van der Waals surface area (Å²) < 4.78 is 0. The van der Waals surface area contributed by atoms with Crippen molar-refractivity contribution in [2.75, 3.05) is 18.9 Å². The summed E-state index contributed by atoms with van der Waals surface area (Å²) in [5.41, 5.74) is 4.17. The van der Waals surface area contributed by atoms with Gasteiger partial charge in [-0.1, -0.05) is 39.0 Å². The Morgan fingerprint density at radius 1 is 1.22 bits per heavy atom. The highest BCUT2D eigenvalue weighted by atomic mass is 16.1. The fraction of sp³-hybridized carbons (Fsp3) is 0.462. The van der Waals surface area contributed by atoms with E-state index in [0.717, 1.165) is 54.8 Å². The number of carbonyl (C=O) groups is 1. The molecule has 1 aliphatic rings. The van der Waals surface area contributed by atoms with Gasteiger partial charge in [0.15, 0.2) is 0 Å². The van der Waals surface area contributed by atoms with Crippen molar-refractivity contribution in [1.29, 1.82) is 0 Å². The number of nitrogens with zero attached hydrogens (tertiary/aromatic N) is 2. The number of aromatic amines is 1. The Balaban J connectivity index is 1.55. The van der Waals surface area contributed by atoms with Crippen LogP contribution in [-0.4, -0.2) is 40.4 Å². The van der Waals surface area contributed by atoms with E-state index >= 15 is 0 Å². The highest BCUT2D eigenvalue weighted by molar-refractivity contribution is 6.11. The molecule has 1 aliphatic carbocycles. The maximum Gasteiger partial charge on any atom is 0.255 e. The molecule has 1 fully saturated rings. The Morgan fingerprint density at radius 2 is 2.03 bits per heavy atom. The van der Waals surface area contributed by atoms with Crippen molar-refractivity contribution in [2.45, 2.75) is 59.2 Å². The van der Waals surface area contributed by atoms with Gasteiger partial charge in [-0.2, -0.15) is 0 Å². The Kier molecular flexibility index (Phi) is 6.51. The molecule has 0 unspecified atom stereocenters. The van der Waals surface area contributed by atoms with Crippen molar-refractivity contribution < 1.29 is 4.79 Å². The quantitative estimate of drug-likeness (QED) is 0.447. The molecule has 0 aliphatic heterocycles. The summed E-state index contributed by atoms with van der Waals surface area (Å²) in [7, 11) is 2.17. The van der Waals surface area contributed by atoms with Gasteiger partial charge >= 0.3 is 0 Å². The van der Waals surface area contributed by atoms with Gasteiger partial charge in [0.05, 0.1) is 17.8 Å². The number of pyridine rings is 1. The lowest BCUT2D eigenvalue weighted by Crippen LogP contribution is -2.26. The van der Waals surface area contributed by atoms with E-state index in [1.165, 1.54) is 5.56 Å². The molecule has 0 atom stereocenters. The second-order valence-corrected chi connectivity index (χ2v) is 10.2. The van der Waals surface area contributed by atoms with E-state index in [9.17, 15) is 4.79 Å². The highest BCUT2D eigenvalue weighted by Crippen LogP contribution is 2.29. The predicted octanol–water partition coefficient (Wildman–Crippen LogP) is 4.94. The topological polar surface area (TPSA) is 73.1 Å². The van der Waals surface area contributed by atoms with E-state index in [1.54, 1.807) is 6.20 Å². The first-order chi connectivity index (χ1) is 15.3. The molecule has 0 spiro atoms. The second-order valence-electron chi connectivity index (χ2n) is 10.2. The molecule has 2 heterocycles. The lowest BCUT2D eigenvalue weighted by molar-refractivity contribution is 0.0953. The zero-order valence-corrected chi connectivity index (χ0v) is 19.7. The number of amides is 1. The van der Waals surface area contributed by atoms with Crippen molar-refractivity contribution in [2.24, 2.45) is 5.41 Å². The van der Waals surface area contributed by atoms with E-state index in [2.05, 4.69) is 71.5 Å². The molecule has 6 heteroatoms. The van der Waals surface area contributed by atoms with Crippen molar-refractivity contribution >= 4 is 22.6 Å². The molecular formula is C26H35N5O. The zero-order chi connectivity index (χ0) is 22.7. The van der Waals surface area contributed by atoms with Crippen LogP contribution >= 0.6 is 0 Å². The van der Waals surface area contributed by atoms with Crippen molar-refractivity contribution in [3.63, 3.8) is 0 Å². The van der Waals surface area contributed by atoms with Crippen LogP contribution in [0, 0.1) is 5.41 Å². The summed E-state index contributed by atoms with van der Waals surface area (Å²) in [4.78, 5) is 23.2. The average molecular weight is 434 g/mol. The molecule has 32 heavy (non-hydrogen) atoms. The SMILES string of the molecule is CN(CCC(C)(C)C)Cc1ccc2c(C(=O)NC3CC3)c(NCc3ccccn3)[nH]c2c1. The van der Waals surface area contributed by atoms with Crippen LogP contribution < -0.4 is 10.6 Å². The Hall–Kier alpha value is -2.86. The molecule has 4 rings (SSSR count). The van der Waals surface area contributed by atoms with E-state index in [0.29, 0.717) is 23.6 Å². The number of fused-ring (bicyclic) bond motifs is 1. The van der Waals surface area contributed by atoms with E-state index < -0.39 is 0 Å². The van der Waals surface area contributed by atoms with Crippen LogP contribution in [0.3, 0.4) is 0 Å². The fourth-order valence-corrected chi connectivity index (χ4v) is 3.80. The van der Waals surface area contributed by atoms with Gasteiger partial charge in [-0.3, -0.25) is 9.78 Å². The number of hydrogen-bond donors (Lipinski definition) is 3. The lowest BCUT2D eigenvalue weighted by atomic mass is 9.92. The molecule has 6 nitrogen and oxygen atoms in total. The second kappa shape index (κ2) is 9.33. The zero-order valence-electron chi connectivity index (χ0n) is 19.7. The van der Waals surface area contributed by atoms with Crippen LogP contribution in [0.15, 0.2) is 42.6 Å². The predicted molar refractivity (Wildman–Crippen MR) is 131 cm³/mol. The molecule has 0 bridgehead atoms. The van der Waals surface area contributed by atoms with Gasteiger partial charge in [-0.15, -0.1) is 0 Å². The third kappa shape index (κ3) is 5.88. The van der Waals surface area contributed by atoms with Crippen LogP contribution in [0.1, 0.15) is 61.6 Å².